The fourth-order valence-corrected chi connectivity index (χ4v) is 1.93. The van der Waals surface area contributed by atoms with Crippen molar-refractivity contribution in [3.63, 3.8) is 0 Å². The molecule has 1 aromatic carbocycles. The van der Waals surface area contributed by atoms with E-state index in [1.807, 2.05) is 12.1 Å². The van der Waals surface area contributed by atoms with E-state index in [9.17, 15) is 5.11 Å². The molecule has 3 N–H and O–H groups in total. The maximum atomic E-state index is 9.64. The fourth-order valence-electron chi connectivity index (χ4n) is 1.93. The van der Waals surface area contributed by atoms with Crippen LogP contribution in [-0.4, -0.2) is 24.4 Å². The molecule has 0 aromatic heterocycles. The standard InChI is InChI=1S/C12H17NO2/c13-5-3-11(14)8-9-1-2-12-10(7-9)4-6-15-12/h1-2,7,11,14H,3-6,8,13H2/t11-/m1/s1. The van der Waals surface area contributed by atoms with Gasteiger partial charge in [0.15, 0.2) is 0 Å². The highest BCUT2D eigenvalue weighted by molar-refractivity contribution is 5.39. The maximum Gasteiger partial charge on any atom is 0.122 e. The molecular formula is C12H17NO2. The largest absolute Gasteiger partial charge is 0.493 e. The van der Waals surface area contributed by atoms with Gasteiger partial charge in [-0.2, -0.15) is 0 Å². The summed E-state index contributed by atoms with van der Waals surface area (Å²) in [6.07, 6.45) is 2.00. The molecule has 82 valence electrons. The molecule has 3 nitrogen and oxygen atoms in total. The number of rotatable bonds is 4. The van der Waals surface area contributed by atoms with Gasteiger partial charge in [-0.25, -0.2) is 0 Å². The van der Waals surface area contributed by atoms with Crippen molar-refractivity contribution in [2.75, 3.05) is 13.2 Å². The highest BCUT2D eigenvalue weighted by Crippen LogP contribution is 2.26. The van der Waals surface area contributed by atoms with Gasteiger partial charge in [0.2, 0.25) is 0 Å². The maximum absolute atomic E-state index is 9.64. The van der Waals surface area contributed by atoms with E-state index < -0.39 is 0 Å². The molecule has 1 aliphatic heterocycles. The zero-order valence-electron chi connectivity index (χ0n) is 8.78. The second-order valence-corrected chi connectivity index (χ2v) is 3.98. The fraction of sp³-hybridized carbons (Fsp3) is 0.500. The molecule has 0 saturated heterocycles. The Morgan fingerprint density at radius 1 is 1.47 bits per heavy atom. The molecule has 0 spiro atoms. The van der Waals surface area contributed by atoms with Crippen LogP contribution in [0.2, 0.25) is 0 Å². The third kappa shape index (κ3) is 2.49. The summed E-state index contributed by atoms with van der Waals surface area (Å²) >= 11 is 0. The van der Waals surface area contributed by atoms with Crippen LogP contribution in [0.5, 0.6) is 5.75 Å². The van der Waals surface area contributed by atoms with Gasteiger partial charge in [-0.15, -0.1) is 0 Å². The van der Waals surface area contributed by atoms with Crippen LogP contribution in [0.1, 0.15) is 17.5 Å². The molecule has 2 rings (SSSR count). The van der Waals surface area contributed by atoms with Crippen molar-refractivity contribution in [2.24, 2.45) is 5.73 Å². The van der Waals surface area contributed by atoms with Crippen LogP contribution in [0.4, 0.5) is 0 Å². The SMILES string of the molecule is NCC[C@@H](O)Cc1ccc2c(c1)CCO2. The van der Waals surface area contributed by atoms with Gasteiger partial charge in [0.25, 0.3) is 0 Å². The van der Waals surface area contributed by atoms with Crippen LogP contribution in [0.25, 0.3) is 0 Å². The lowest BCUT2D eigenvalue weighted by Crippen LogP contribution is -2.15. The normalized spacial score (nSPS) is 15.9. The summed E-state index contributed by atoms with van der Waals surface area (Å²) in [5, 5.41) is 9.64. The summed E-state index contributed by atoms with van der Waals surface area (Å²) in [4.78, 5) is 0. The van der Waals surface area contributed by atoms with Crippen molar-refractivity contribution in [2.45, 2.75) is 25.4 Å². The van der Waals surface area contributed by atoms with E-state index in [-0.39, 0.29) is 6.10 Å². The molecule has 0 saturated carbocycles. The van der Waals surface area contributed by atoms with Gasteiger partial charge in [0.1, 0.15) is 5.75 Å². The molecule has 1 aliphatic rings. The second kappa shape index (κ2) is 4.64. The number of nitrogens with two attached hydrogens (primary N) is 1. The van der Waals surface area contributed by atoms with Crippen molar-refractivity contribution in [3.8, 4) is 5.75 Å². The number of aliphatic hydroxyl groups is 1. The molecule has 3 heteroatoms. The Morgan fingerprint density at radius 3 is 3.13 bits per heavy atom. The number of aliphatic hydroxyl groups excluding tert-OH is 1. The Balaban J connectivity index is 2.03. The molecule has 0 amide bonds. The minimum absolute atomic E-state index is 0.324. The van der Waals surface area contributed by atoms with Gasteiger partial charge in [-0.05, 0) is 36.6 Å². The van der Waals surface area contributed by atoms with Gasteiger partial charge in [-0.1, -0.05) is 12.1 Å². The smallest absolute Gasteiger partial charge is 0.122 e. The van der Waals surface area contributed by atoms with Crippen LogP contribution < -0.4 is 10.5 Å². The first-order chi connectivity index (χ1) is 7.29. The van der Waals surface area contributed by atoms with Crippen LogP contribution >= 0.6 is 0 Å². The Labute approximate surface area is 89.9 Å². The molecule has 1 atom stereocenters. The van der Waals surface area contributed by atoms with Crippen LogP contribution in [0, 0.1) is 0 Å². The Morgan fingerprint density at radius 2 is 2.33 bits per heavy atom. The van der Waals surface area contributed by atoms with Gasteiger partial charge in [0.05, 0.1) is 12.7 Å². The van der Waals surface area contributed by atoms with Crippen LogP contribution in [0.3, 0.4) is 0 Å². The summed E-state index contributed by atoms with van der Waals surface area (Å²) in [7, 11) is 0. The minimum atomic E-state index is -0.324. The van der Waals surface area contributed by atoms with E-state index in [0.717, 1.165) is 18.8 Å². The monoisotopic (exact) mass is 207 g/mol. The summed E-state index contributed by atoms with van der Waals surface area (Å²) < 4.78 is 5.42. The zero-order chi connectivity index (χ0) is 10.7. The second-order valence-electron chi connectivity index (χ2n) is 3.98. The van der Waals surface area contributed by atoms with Crippen molar-refractivity contribution < 1.29 is 9.84 Å². The molecule has 15 heavy (non-hydrogen) atoms. The van der Waals surface area contributed by atoms with Crippen molar-refractivity contribution in [3.05, 3.63) is 29.3 Å². The Kier molecular flexibility index (Phi) is 3.23. The predicted molar refractivity (Wildman–Crippen MR) is 59.0 cm³/mol. The van der Waals surface area contributed by atoms with E-state index >= 15 is 0 Å². The van der Waals surface area contributed by atoms with E-state index in [4.69, 9.17) is 10.5 Å². The average molecular weight is 207 g/mol. The molecule has 0 fully saturated rings. The highest BCUT2D eigenvalue weighted by atomic mass is 16.5. The molecule has 0 aliphatic carbocycles. The number of hydrogen-bond acceptors (Lipinski definition) is 3. The molecular weight excluding hydrogens is 190 g/mol. The lowest BCUT2D eigenvalue weighted by atomic mass is 10.0. The molecule has 0 bridgehead atoms. The van der Waals surface area contributed by atoms with E-state index in [1.54, 1.807) is 0 Å². The van der Waals surface area contributed by atoms with Crippen molar-refractivity contribution >= 4 is 0 Å². The van der Waals surface area contributed by atoms with Gasteiger partial charge in [-0.3, -0.25) is 0 Å². The quantitative estimate of drug-likeness (QED) is 0.770. The minimum Gasteiger partial charge on any atom is -0.493 e. The first-order valence-corrected chi connectivity index (χ1v) is 5.42. The van der Waals surface area contributed by atoms with Gasteiger partial charge in [0, 0.05) is 6.42 Å². The molecule has 0 radical (unpaired) electrons. The number of ether oxygens (including phenoxy) is 1. The number of hydrogen-bond donors (Lipinski definition) is 2. The molecule has 0 unspecified atom stereocenters. The summed E-state index contributed by atoms with van der Waals surface area (Å²) in [6, 6.07) is 6.14. The number of fused-ring (bicyclic) bond motifs is 1. The Bertz CT molecular complexity index is 338. The topological polar surface area (TPSA) is 55.5 Å². The van der Waals surface area contributed by atoms with Gasteiger partial charge >= 0.3 is 0 Å². The Hall–Kier alpha value is -1.06. The average Bonchev–Trinajstić information content (AvgIpc) is 2.65. The lowest BCUT2D eigenvalue weighted by molar-refractivity contribution is 0.167. The van der Waals surface area contributed by atoms with Crippen molar-refractivity contribution in [1.82, 2.24) is 0 Å². The first-order valence-electron chi connectivity index (χ1n) is 5.42. The third-order valence-corrected chi connectivity index (χ3v) is 2.73. The lowest BCUT2D eigenvalue weighted by Gasteiger charge is -2.09. The molecule has 1 heterocycles. The van der Waals surface area contributed by atoms with Crippen LogP contribution in [0.15, 0.2) is 18.2 Å². The molecule has 1 aromatic rings. The highest BCUT2D eigenvalue weighted by Gasteiger charge is 2.13. The van der Waals surface area contributed by atoms with E-state index in [1.165, 1.54) is 11.1 Å². The van der Waals surface area contributed by atoms with Crippen LogP contribution in [-0.2, 0) is 12.8 Å². The third-order valence-electron chi connectivity index (χ3n) is 2.73. The predicted octanol–water partition coefficient (Wildman–Crippen LogP) is 0.874. The zero-order valence-corrected chi connectivity index (χ0v) is 8.78. The first kappa shape index (κ1) is 10.5. The summed E-state index contributed by atoms with van der Waals surface area (Å²) in [5.74, 6) is 0.993. The summed E-state index contributed by atoms with van der Waals surface area (Å²) in [6.45, 7) is 1.32. The van der Waals surface area contributed by atoms with E-state index in [2.05, 4.69) is 6.07 Å². The van der Waals surface area contributed by atoms with E-state index in [0.29, 0.717) is 19.4 Å². The van der Waals surface area contributed by atoms with Gasteiger partial charge < -0.3 is 15.6 Å². The van der Waals surface area contributed by atoms with Crippen molar-refractivity contribution in [1.29, 1.82) is 0 Å². The summed E-state index contributed by atoms with van der Waals surface area (Å²) in [5.41, 5.74) is 7.82. The number of benzene rings is 1.